The van der Waals surface area contributed by atoms with Crippen LogP contribution in [0.25, 0.3) is 34.2 Å². The van der Waals surface area contributed by atoms with E-state index in [1.165, 1.54) is 19.1 Å². The van der Waals surface area contributed by atoms with Gasteiger partial charge in [-0.05, 0) is 75.2 Å². The van der Waals surface area contributed by atoms with Crippen LogP contribution < -0.4 is 14.2 Å². The van der Waals surface area contributed by atoms with Crippen molar-refractivity contribution < 1.29 is 101 Å². The Morgan fingerprint density at radius 2 is 0.750 bits per heavy atom. The highest BCUT2D eigenvalue weighted by Crippen LogP contribution is 2.37. The minimum Gasteiger partial charge on any atom is -0.507 e. The smallest absolute Gasteiger partial charge is 0.347 e. The van der Waals surface area contributed by atoms with E-state index in [1.54, 1.807) is 62.6 Å². The lowest BCUT2D eigenvalue weighted by atomic mass is 9.78. The molecule has 0 spiro atoms. The van der Waals surface area contributed by atoms with E-state index in [-0.39, 0.29) is 71.5 Å². The number of hydrogen-bond donors (Lipinski definition) is 3. The Balaban J connectivity index is 1.00. The number of ketones is 1. The fourth-order valence-corrected chi connectivity index (χ4v) is 7.54. The maximum atomic E-state index is 13.2. The first-order chi connectivity index (χ1) is 40.9. The van der Waals surface area contributed by atoms with Crippen LogP contribution in [0.2, 0.25) is 0 Å². The van der Waals surface area contributed by atoms with E-state index in [4.69, 9.17) is 80.9 Å². The van der Waals surface area contributed by atoms with Crippen LogP contribution >= 0.6 is 0 Å². The van der Waals surface area contributed by atoms with Crippen molar-refractivity contribution in [2.75, 3.05) is 179 Å². The number of esters is 1. The first-order valence-corrected chi connectivity index (χ1v) is 28.6. The molecule has 3 aromatic carbocycles. The van der Waals surface area contributed by atoms with Gasteiger partial charge in [-0.25, -0.2) is 19.7 Å². The molecule has 0 aliphatic heterocycles. The normalized spacial score (nSPS) is 12.3. The molecule has 24 heteroatoms. The van der Waals surface area contributed by atoms with Crippen LogP contribution in [0.1, 0.15) is 47.5 Å². The van der Waals surface area contributed by atoms with E-state index < -0.39 is 23.6 Å². The molecule has 0 aliphatic carbocycles. The predicted octanol–water partition coefficient (Wildman–Crippen LogP) is 5.96. The average molecular weight is 1190 g/mol. The number of aromatic hydroxyl groups is 2. The lowest BCUT2D eigenvalue weighted by molar-refractivity contribution is -0.152. The molecule has 0 bridgehead atoms. The third-order valence-electron chi connectivity index (χ3n) is 12.7. The largest absolute Gasteiger partial charge is 0.507 e. The molecule has 0 aliphatic rings. The topological polar surface area (TPSA) is 281 Å². The summed E-state index contributed by atoms with van der Waals surface area (Å²) >= 11 is 0. The van der Waals surface area contributed by atoms with Crippen molar-refractivity contribution in [2.45, 2.75) is 59.7 Å². The van der Waals surface area contributed by atoms with Crippen LogP contribution in [-0.4, -0.2) is 233 Å². The molecule has 470 valence electrons. The number of nitrogens with zero attached hydrogens (tertiary/aromatic N) is 3. The Labute approximate surface area is 493 Å². The van der Waals surface area contributed by atoms with Crippen LogP contribution in [0.5, 0.6) is 28.7 Å². The van der Waals surface area contributed by atoms with E-state index in [0.29, 0.717) is 182 Å². The van der Waals surface area contributed by atoms with Gasteiger partial charge < -0.3 is 91.1 Å². The number of rotatable bonds is 51. The van der Waals surface area contributed by atoms with Gasteiger partial charge in [-0.2, -0.15) is 0 Å². The van der Waals surface area contributed by atoms with Crippen LogP contribution in [0.15, 0.2) is 60.7 Å². The minimum absolute atomic E-state index is 0.00701. The van der Waals surface area contributed by atoms with Crippen molar-refractivity contribution in [3.8, 4) is 62.9 Å². The summed E-state index contributed by atoms with van der Waals surface area (Å²) in [6.07, 6.45) is -0.424. The number of Topliss-reactive ketones (excluding diaryl/α,β-unsaturated/α-hetero) is 1. The maximum absolute atomic E-state index is 13.2. The number of aliphatic hydroxyl groups excluding tert-OH is 1. The Kier molecular flexibility index (Phi) is 36.2. The highest BCUT2D eigenvalue weighted by atomic mass is 16.6. The van der Waals surface area contributed by atoms with Gasteiger partial charge in [-0.15, -0.1) is 0 Å². The number of phenols is 2. The van der Waals surface area contributed by atoms with Crippen LogP contribution in [0.4, 0.5) is 0 Å². The van der Waals surface area contributed by atoms with E-state index in [1.807, 2.05) is 20.8 Å². The van der Waals surface area contributed by atoms with Crippen molar-refractivity contribution in [3.05, 3.63) is 60.7 Å². The van der Waals surface area contributed by atoms with Crippen LogP contribution in [0, 0.1) is 5.41 Å². The van der Waals surface area contributed by atoms with Gasteiger partial charge in [-0.1, -0.05) is 20.8 Å². The molecule has 0 saturated carbocycles. The zero-order valence-electron chi connectivity index (χ0n) is 49.8. The Bertz CT molecular complexity index is 2400. The van der Waals surface area contributed by atoms with Gasteiger partial charge in [0.25, 0.3) is 0 Å². The summed E-state index contributed by atoms with van der Waals surface area (Å²) in [6, 6.07) is 16.1. The zero-order valence-corrected chi connectivity index (χ0v) is 49.8. The SMILES string of the molecule is CCC(C)(CC)C(=O)C(C)Oc1ccc(-c2nc(-c3ccc(OC)cc3)nc(-c3ccc(OC(C)C(=O)OCCOCCOCCOCCOCCOCCOCCOCCOCCOCCOCCOCCOCCO)cc3O)n2)c(O)c1. The van der Waals surface area contributed by atoms with Gasteiger partial charge in [0.15, 0.2) is 35.5 Å². The molecule has 0 saturated heterocycles. The van der Waals surface area contributed by atoms with Gasteiger partial charge in [0.1, 0.15) is 35.4 Å². The summed E-state index contributed by atoms with van der Waals surface area (Å²) in [7, 11) is 1.56. The minimum atomic E-state index is -1.02. The Morgan fingerprint density at radius 1 is 0.440 bits per heavy atom. The molecule has 4 aromatic rings. The molecule has 24 nitrogen and oxygen atoms in total. The Hall–Kier alpha value is -5.71. The third-order valence-corrected chi connectivity index (χ3v) is 12.7. The summed E-state index contributed by atoms with van der Waals surface area (Å²) in [4.78, 5) is 40.0. The number of methoxy groups -OCH3 is 1. The van der Waals surface area contributed by atoms with Crippen molar-refractivity contribution >= 4 is 11.8 Å². The number of phenolic OH excluding ortho intramolecular Hbond substituents is 2. The Morgan fingerprint density at radius 3 is 1.07 bits per heavy atom. The molecule has 2 unspecified atom stereocenters. The van der Waals surface area contributed by atoms with Crippen molar-refractivity contribution in [3.63, 3.8) is 0 Å². The summed E-state index contributed by atoms with van der Waals surface area (Å²) in [6.45, 7) is 19.2. The molecule has 1 heterocycles. The number of benzene rings is 3. The predicted molar refractivity (Wildman–Crippen MR) is 308 cm³/mol. The fourth-order valence-electron chi connectivity index (χ4n) is 7.54. The van der Waals surface area contributed by atoms with Crippen LogP contribution in [-0.2, 0) is 71.2 Å². The second-order valence-corrected chi connectivity index (χ2v) is 18.8. The molecule has 3 N–H and O–H groups in total. The van der Waals surface area contributed by atoms with E-state index in [0.717, 1.165) is 0 Å². The van der Waals surface area contributed by atoms with Gasteiger partial charge in [-0.3, -0.25) is 4.79 Å². The number of hydrogen-bond acceptors (Lipinski definition) is 24. The molecule has 1 aromatic heterocycles. The number of carbonyl (C=O) groups is 2. The third kappa shape index (κ3) is 28.0. The van der Waals surface area contributed by atoms with Gasteiger partial charge in [0, 0.05) is 23.1 Å². The molecule has 0 fully saturated rings. The highest BCUT2D eigenvalue weighted by molar-refractivity contribution is 5.88. The van der Waals surface area contributed by atoms with E-state index in [2.05, 4.69) is 15.0 Å². The number of aromatic nitrogens is 3. The van der Waals surface area contributed by atoms with E-state index >= 15 is 0 Å². The summed E-state index contributed by atoms with van der Waals surface area (Å²) in [5.74, 6) is 0.453. The summed E-state index contributed by atoms with van der Waals surface area (Å²) in [5.41, 5.74) is 0.560. The molecular weight excluding hydrogens is 1100 g/mol. The molecule has 2 atom stereocenters. The van der Waals surface area contributed by atoms with Crippen LogP contribution in [0.3, 0.4) is 0 Å². The standard InChI is InChI=1S/C60H89N3O21/c1-7-60(5,8-2)55(67)45(3)83-49-13-15-51(53(65)43-49)57-61-56(47-9-11-48(69-6)12-10-47)62-58(63-57)52-16-14-50(44-54(52)66)84-46(4)59(68)82-42-41-81-40-39-80-38-37-79-36-35-78-34-33-77-32-31-76-30-29-75-28-27-74-26-25-73-24-23-72-22-21-71-20-19-70-18-17-64/h9-16,43-46,64-66H,7-8,17-42H2,1-6H3. The lowest BCUT2D eigenvalue weighted by Gasteiger charge is -2.28. The maximum Gasteiger partial charge on any atom is 0.347 e. The van der Waals surface area contributed by atoms with Gasteiger partial charge in [0.05, 0.1) is 183 Å². The first-order valence-electron chi connectivity index (χ1n) is 28.6. The molecule has 0 radical (unpaired) electrons. The molecule has 84 heavy (non-hydrogen) atoms. The molecule has 0 amide bonds. The lowest BCUT2D eigenvalue weighted by Crippen LogP contribution is -2.37. The highest BCUT2D eigenvalue weighted by Gasteiger charge is 2.34. The summed E-state index contributed by atoms with van der Waals surface area (Å²) < 4.78 is 87.9. The molecule has 4 rings (SSSR count). The van der Waals surface area contributed by atoms with Crippen molar-refractivity contribution in [1.29, 1.82) is 0 Å². The monoisotopic (exact) mass is 1190 g/mol. The average Bonchev–Trinajstić information content (AvgIpc) is 2.52. The number of aliphatic hydroxyl groups is 1. The molecular formula is C60H89N3O21. The first kappa shape index (κ1) is 70.8. The van der Waals surface area contributed by atoms with Crippen molar-refractivity contribution in [2.24, 2.45) is 5.41 Å². The quantitative estimate of drug-likeness (QED) is 0.0340. The zero-order chi connectivity index (χ0) is 60.5. The fraction of sp³-hybridized carbons (Fsp3) is 0.617. The summed E-state index contributed by atoms with van der Waals surface area (Å²) in [5, 5.41) is 31.2. The second-order valence-electron chi connectivity index (χ2n) is 18.8. The van der Waals surface area contributed by atoms with E-state index in [9.17, 15) is 19.8 Å². The van der Waals surface area contributed by atoms with Crippen molar-refractivity contribution in [1.82, 2.24) is 15.0 Å². The second kappa shape index (κ2) is 43.0. The number of ether oxygens (including phenoxy) is 16. The van der Waals surface area contributed by atoms with Gasteiger partial charge in [0.2, 0.25) is 0 Å². The number of carbonyl (C=O) groups excluding carboxylic acids is 2. The van der Waals surface area contributed by atoms with Gasteiger partial charge >= 0.3 is 5.97 Å².